The fourth-order valence-electron chi connectivity index (χ4n) is 3.54. The van der Waals surface area contributed by atoms with E-state index < -0.39 is 5.41 Å². The zero-order chi connectivity index (χ0) is 22.7. The maximum Gasteiger partial charge on any atom is 0.330 e. The van der Waals surface area contributed by atoms with Crippen molar-refractivity contribution in [2.75, 3.05) is 13.1 Å². The third kappa shape index (κ3) is 5.50. The molecule has 1 aliphatic rings. The summed E-state index contributed by atoms with van der Waals surface area (Å²) >= 11 is 5.92. The number of carbonyl (C=O) groups excluding carboxylic acids is 1. The van der Waals surface area contributed by atoms with Crippen molar-refractivity contribution in [1.82, 2.24) is 15.3 Å². The predicted octanol–water partition coefficient (Wildman–Crippen LogP) is 6.21. The molecule has 32 heavy (non-hydrogen) atoms. The summed E-state index contributed by atoms with van der Waals surface area (Å²) < 4.78 is 5.86. The molecule has 0 radical (unpaired) electrons. The lowest BCUT2D eigenvalue weighted by Crippen LogP contribution is -2.38. The highest BCUT2D eigenvalue weighted by atomic mass is 35.5. The lowest BCUT2D eigenvalue weighted by Gasteiger charge is -2.31. The molecule has 0 amide bonds. The van der Waals surface area contributed by atoms with E-state index >= 15 is 0 Å². The van der Waals surface area contributed by atoms with Crippen molar-refractivity contribution in [3.8, 4) is 22.8 Å². The highest BCUT2D eigenvalue weighted by Gasteiger charge is 2.29. The molecule has 0 unspecified atom stereocenters. The van der Waals surface area contributed by atoms with Crippen molar-refractivity contribution in [2.24, 2.45) is 5.41 Å². The molecular weight excluding hydrogens is 426 g/mol. The van der Waals surface area contributed by atoms with E-state index in [1.807, 2.05) is 57.2 Å². The van der Waals surface area contributed by atoms with Gasteiger partial charge in [-0.05, 0) is 88.2 Å². The molecule has 2 heterocycles. The standard InChI is InChI=1S/C25H28ClN3O3/c1-25(2,3)24(30)32-29-14-12-18(13-15-29)23-16-22(27-28-23)17-4-8-20(9-5-17)31-21-10-6-19(26)7-11-21/h4-11,16,18H,12-15H2,1-3H3,(H,27,28). The van der Waals surface area contributed by atoms with Crippen LogP contribution in [0.5, 0.6) is 11.5 Å². The van der Waals surface area contributed by atoms with E-state index in [1.165, 1.54) is 0 Å². The van der Waals surface area contributed by atoms with Crippen LogP contribution >= 0.6 is 11.6 Å². The normalized spacial score (nSPS) is 15.5. The van der Waals surface area contributed by atoms with Gasteiger partial charge in [0.1, 0.15) is 11.5 Å². The number of halogens is 1. The van der Waals surface area contributed by atoms with Crippen molar-refractivity contribution < 1.29 is 14.4 Å². The van der Waals surface area contributed by atoms with E-state index in [0.717, 1.165) is 54.4 Å². The Labute approximate surface area is 193 Å². The number of hydrogen-bond donors (Lipinski definition) is 1. The SMILES string of the molecule is CC(C)(C)C(=O)ON1CCC(c2cc(-c3ccc(Oc4ccc(Cl)cc4)cc3)n[nH]2)CC1. The second-order valence-electron chi connectivity index (χ2n) is 9.12. The van der Waals surface area contributed by atoms with Gasteiger partial charge in [0.2, 0.25) is 0 Å². The van der Waals surface area contributed by atoms with Crippen LogP contribution in [0.15, 0.2) is 54.6 Å². The van der Waals surface area contributed by atoms with Crippen molar-refractivity contribution in [1.29, 1.82) is 0 Å². The molecule has 0 atom stereocenters. The highest BCUT2D eigenvalue weighted by Crippen LogP contribution is 2.31. The molecule has 168 valence electrons. The maximum atomic E-state index is 12.1. The Morgan fingerprint density at radius 2 is 1.62 bits per heavy atom. The molecule has 6 nitrogen and oxygen atoms in total. The van der Waals surface area contributed by atoms with Gasteiger partial charge in [-0.25, -0.2) is 4.79 Å². The van der Waals surface area contributed by atoms with Gasteiger partial charge in [0.25, 0.3) is 0 Å². The number of carbonyl (C=O) groups is 1. The fourth-order valence-corrected chi connectivity index (χ4v) is 3.66. The Bertz CT molecular complexity index is 1050. The van der Waals surface area contributed by atoms with Crippen LogP contribution < -0.4 is 4.74 Å². The first-order valence-electron chi connectivity index (χ1n) is 10.8. The largest absolute Gasteiger partial charge is 0.457 e. The van der Waals surface area contributed by atoms with Gasteiger partial charge in [-0.2, -0.15) is 5.10 Å². The van der Waals surface area contributed by atoms with Gasteiger partial charge >= 0.3 is 5.97 Å². The lowest BCUT2D eigenvalue weighted by atomic mass is 9.94. The molecule has 1 N–H and O–H groups in total. The van der Waals surface area contributed by atoms with E-state index in [1.54, 1.807) is 17.2 Å². The second-order valence-corrected chi connectivity index (χ2v) is 9.56. The number of nitrogens with one attached hydrogen (secondary N) is 1. The van der Waals surface area contributed by atoms with E-state index in [0.29, 0.717) is 10.9 Å². The molecule has 2 aromatic carbocycles. The summed E-state index contributed by atoms with van der Waals surface area (Å²) in [5, 5.41) is 10.2. The van der Waals surface area contributed by atoms with Crippen molar-refractivity contribution >= 4 is 17.6 Å². The van der Waals surface area contributed by atoms with Crippen LogP contribution in [0.3, 0.4) is 0 Å². The number of nitrogens with zero attached hydrogens (tertiary/aromatic N) is 2. The summed E-state index contributed by atoms with van der Waals surface area (Å²) in [6, 6.07) is 17.2. The zero-order valence-electron chi connectivity index (χ0n) is 18.6. The highest BCUT2D eigenvalue weighted by molar-refractivity contribution is 6.30. The van der Waals surface area contributed by atoms with Gasteiger partial charge in [0.15, 0.2) is 0 Å². The van der Waals surface area contributed by atoms with Crippen LogP contribution in [0.25, 0.3) is 11.3 Å². The molecule has 0 aliphatic carbocycles. The van der Waals surface area contributed by atoms with Crippen LogP contribution in [-0.2, 0) is 9.63 Å². The van der Waals surface area contributed by atoms with Crippen LogP contribution in [0.2, 0.25) is 5.02 Å². The Hall–Kier alpha value is -2.83. The zero-order valence-corrected chi connectivity index (χ0v) is 19.4. The third-order valence-electron chi connectivity index (χ3n) is 5.52. The minimum Gasteiger partial charge on any atom is -0.457 e. The first kappa shape index (κ1) is 22.4. The number of piperidine rings is 1. The fraction of sp³-hybridized carbons (Fsp3) is 0.360. The number of ether oxygens (including phenoxy) is 1. The van der Waals surface area contributed by atoms with Gasteiger partial charge in [-0.15, -0.1) is 5.06 Å². The summed E-state index contributed by atoms with van der Waals surface area (Å²) in [5.41, 5.74) is 2.54. The van der Waals surface area contributed by atoms with Crippen molar-refractivity contribution in [2.45, 2.75) is 39.5 Å². The minimum atomic E-state index is -0.496. The Balaban J connectivity index is 1.34. The summed E-state index contributed by atoms with van der Waals surface area (Å²) in [7, 11) is 0. The van der Waals surface area contributed by atoms with E-state index in [4.69, 9.17) is 21.2 Å². The number of hydroxylamine groups is 2. The molecule has 0 saturated carbocycles. The van der Waals surface area contributed by atoms with Crippen LogP contribution in [-0.4, -0.2) is 34.3 Å². The van der Waals surface area contributed by atoms with Crippen LogP contribution in [0.1, 0.15) is 45.2 Å². The lowest BCUT2D eigenvalue weighted by molar-refractivity contribution is -0.204. The molecule has 1 saturated heterocycles. The Morgan fingerprint density at radius 1 is 1.03 bits per heavy atom. The minimum absolute atomic E-state index is 0.191. The summed E-state index contributed by atoms with van der Waals surface area (Å²) in [6.07, 6.45) is 1.82. The van der Waals surface area contributed by atoms with Gasteiger partial charge in [0.05, 0.1) is 11.1 Å². The van der Waals surface area contributed by atoms with E-state index in [2.05, 4.69) is 16.3 Å². The van der Waals surface area contributed by atoms with Gasteiger partial charge < -0.3 is 9.57 Å². The first-order valence-corrected chi connectivity index (χ1v) is 11.2. The monoisotopic (exact) mass is 453 g/mol. The molecule has 0 bridgehead atoms. The average molecular weight is 454 g/mol. The smallest absolute Gasteiger partial charge is 0.330 e. The van der Waals surface area contributed by atoms with Gasteiger partial charge in [0, 0.05) is 35.3 Å². The Morgan fingerprint density at radius 3 is 2.22 bits per heavy atom. The first-order chi connectivity index (χ1) is 15.3. The van der Waals surface area contributed by atoms with Gasteiger partial charge in [-0.3, -0.25) is 5.10 Å². The van der Waals surface area contributed by atoms with Crippen LogP contribution in [0.4, 0.5) is 0 Å². The van der Waals surface area contributed by atoms with E-state index in [9.17, 15) is 4.79 Å². The molecule has 7 heteroatoms. The number of H-pyrrole nitrogens is 1. The van der Waals surface area contributed by atoms with Gasteiger partial charge in [-0.1, -0.05) is 11.6 Å². The number of hydrogen-bond acceptors (Lipinski definition) is 5. The number of aromatic amines is 1. The molecule has 3 aromatic rings. The molecular formula is C25H28ClN3O3. The molecule has 1 aromatic heterocycles. The number of benzene rings is 2. The predicted molar refractivity (Wildman–Crippen MR) is 125 cm³/mol. The quantitative estimate of drug-likeness (QED) is 0.497. The summed E-state index contributed by atoms with van der Waals surface area (Å²) in [4.78, 5) is 17.6. The Kier molecular flexibility index (Phi) is 6.53. The maximum absolute atomic E-state index is 12.1. The molecule has 4 rings (SSSR count). The third-order valence-corrected chi connectivity index (χ3v) is 5.77. The van der Waals surface area contributed by atoms with Crippen molar-refractivity contribution in [3.63, 3.8) is 0 Å². The average Bonchev–Trinajstić information content (AvgIpc) is 3.26. The topological polar surface area (TPSA) is 67.4 Å². The second kappa shape index (κ2) is 9.35. The summed E-state index contributed by atoms with van der Waals surface area (Å²) in [6.45, 7) is 7.04. The van der Waals surface area contributed by atoms with Crippen molar-refractivity contribution in [3.05, 3.63) is 65.3 Å². The summed E-state index contributed by atoms with van der Waals surface area (Å²) in [5.74, 6) is 1.67. The van der Waals surface area contributed by atoms with Crippen LogP contribution in [0, 0.1) is 5.41 Å². The van der Waals surface area contributed by atoms with E-state index in [-0.39, 0.29) is 5.97 Å². The molecule has 1 fully saturated rings. The molecule has 1 aliphatic heterocycles. The number of aromatic nitrogens is 2. The number of rotatable bonds is 5. The molecule has 0 spiro atoms.